The second-order valence-corrected chi connectivity index (χ2v) is 17.2. The van der Waals surface area contributed by atoms with Crippen LogP contribution in [0.3, 0.4) is 0 Å². The normalized spacial score (nSPS) is 29.9. The number of fused-ring (bicyclic) bond motifs is 1. The highest BCUT2D eigenvalue weighted by molar-refractivity contribution is 6.07. The standard InChI is InChI=1S/C49H54N2O7/c1-50-42-26-32(19-22-51-42)33(28-53)12-17-40-38-16-15-37-36-18-21-49(45(37)44(38)47(55)57-40)41(25-30(20-23-52)24-29-8-4-2-5-9-29)58-48(56)46(49)43(36)39-27-34(54)13-14-35(39)31-10-6-3-7-11-31/h2-11,13-14,17,25,27,30,32-33,36-37,42,45,50-54H,12,15-16,18-24,26,28H2,1H3/t30-,32-,33+,36+,37+,42-,45+,49+/m1/s1. The molecular weight excluding hydrogens is 729 g/mol. The van der Waals surface area contributed by atoms with Gasteiger partial charge in [0.1, 0.15) is 17.3 Å². The van der Waals surface area contributed by atoms with E-state index in [2.05, 4.69) is 28.8 Å². The molecule has 4 aliphatic carbocycles. The van der Waals surface area contributed by atoms with Gasteiger partial charge in [0.15, 0.2) is 0 Å². The Bertz CT molecular complexity index is 2190. The van der Waals surface area contributed by atoms with Gasteiger partial charge in [-0.15, -0.1) is 0 Å². The number of hydrogen-bond acceptors (Lipinski definition) is 9. The van der Waals surface area contributed by atoms with E-state index in [4.69, 9.17) is 9.47 Å². The van der Waals surface area contributed by atoms with Crippen molar-refractivity contribution in [3.05, 3.63) is 130 Å². The molecule has 7 aliphatic rings. The summed E-state index contributed by atoms with van der Waals surface area (Å²) in [6, 6.07) is 25.6. The molecule has 5 N–H and O–H groups in total. The summed E-state index contributed by atoms with van der Waals surface area (Å²) < 4.78 is 12.7. The third kappa shape index (κ3) is 6.66. The van der Waals surface area contributed by atoms with E-state index >= 15 is 0 Å². The molecule has 58 heavy (non-hydrogen) atoms. The highest BCUT2D eigenvalue weighted by Gasteiger charge is 2.68. The predicted octanol–water partition coefficient (Wildman–Crippen LogP) is 7.21. The summed E-state index contributed by atoms with van der Waals surface area (Å²) in [4.78, 5) is 29.1. The van der Waals surface area contributed by atoms with E-state index in [1.807, 2.05) is 67.7 Å². The number of rotatable bonds is 12. The Morgan fingerprint density at radius 1 is 0.931 bits per heavy atom. The van der Waals surface area contributed by atoms with Crippen molar-refractivity contribution >= 4 is 17.5 Å². The number of esters is 2. The summed E-state index contributed by atoms with van der Waals surface area (Å²) in [5.41, 5.74) is 6.01. The molecule has 8 atom stereocenters. The average molecular weight is 783 g/mol. The van der Waals surface area contributed by atoms with Crippen LogP contribution in [0.25, 0.3) is 16.7 Å². The number of ether oxygens (including phenoxy) is 2. The lowest BCUT2D eigenvalue weighted by Gasteiger charge is -2.56. The molecule has 3 heterocycles. The topological polar surface area (TPSA) is 137 Å². The lowest BCUT2D eigenvalue weighted by atomic mass is 9.44. The number of nitrogens with one attached hydrogen (secondary N) is 2. The maximum atomic E-state index is 14.7. The molecule has 0 aromatic heterocycles. The Kier molecular flexibility index (Phi) is 10.7. The number of phenols is 1. The Morgan fingerprint density at radius 3 is 2.48 bits per heavy atom. The molecule has 10 rings (SSSR count). The third-order valence-corrected chi connectivity index (χ3v) is 14.2. The second-order valence-electron chi connectivity index (χ2n) is 17.2. The van der Waals surface area contributed by atoms with Crippen molar-refractivity contribution < 1.29 is 34.4 Å². The number of phenolic OH excluding ortho intramolecular Hbond substituents is 1. The van der Waals surface area contributed by atoms with Gasteiger partial charge in [0, 0.05) is 30.3 Å². The molecular formula is C49H54N2O7. The number of aliphatic hydroxyl groups is 2. The van der Waals surface area contributed by atoms with Crippen molar-refractivity contribution in [3.63, 3.8) is 0 Å². The number of allylic oxidation sites excluding steroid dienone is 5. The minimum Gasteiger partial charge on any atom is -0.508 e. The van der Waals surface area contributed by atoms with E-state index in [-0.39, 0.29) is 60.7 Å². The van der Waals surface area contributed by atoms with Gasteiger partial charge in [0.25, 0.3) is 0 Å². The highest BCUT2D eigenvalue weighted by Crippen LogP contribution is 2.72. The zero-order valence-electron chi connectivity index (χ0n) is 33.2. The van der Waals surface area contributed by atoms with E-state index in [1.54, 1.807) is 12.1 Å². The molecule has 0 radical (unpaired) electrons. The average Bonchev–Trinajstić information content (AvgIpc) is 3.73. The van der Waals surface area contributed by atoms with Gasteiger partial charge in [-0.05, 0) is 153 Å². The van der Waals surface area contributed by atoms with Crippen molar-refractivity contribution in [2.45, 2.75) is 64.0 Å². The number of carbonyl (C=O) groups excluding carboxylic acids is 2. The minimum absolute atomic E-state index is 0.0193. The van der Waals surface area contributed by atoms with Gasteiger partial charge in [-0.3, -0.25) is 0 Å². The summed E-state index contributed by atoms with van der Waals surface area (Å²) in [5, 5.41) is 38.6. The molecule has 1 spiro atoms. The fourth-order valence-electron chi connectivity index (χ4n) is 11.7. The van der Waals surface area contributed by atoms with E-state index in [9.17, 15) is 24.9 Å². The van der Waals surface area contributed by atoms with E-state index in [0.717, 1.165) is 65.6 Å². The van der Waals surface area contributed by atoms with Crippen molar-refractivity contribution in [2.75, 3.05) is 26.8 Å². The zero-order chi connectivity index (χ0) is 40.0. The zero-order valence-corrected chi connectivity index (χ0v) is 33.2. The van der Waals surface area contributed by atoms with Gasteiger partial charge in [-0.2, -0.15) is 0 Å². The van der Waals surface area contributed by atoms with Crippen molar-refractivity contribution in [2.24, 2.45) is 40.9 Å². The van der Waals surface area contributed by atoms with Gasteiger partial charge in [-0.1, -0.05) is 66.7 Å². The van der Waals surface area contributed by atoms with Gasteiger partial charge >= 0.3 is 11.9 Å². The van der Waals surface area contributed by atoms with Gasteiger partial charge in [0.05, 0.1) is 17.2 Å². The molecule has 1 saturated carbocycles. The number of benzene rings is 3. The molecule has 2 saturated heterocycles. The molecule has 0 amide bonds. The number of carbonyl (C=O) groups is 2. The highest BCUT2D eigenvalue weighted by atomic mass is 16.6. The number of hydrogen-bond donors (Lipinski definition) is 5. The van der Waals surface area contributed by atoms with Crippen LogP contribution in [0.15, 0.2) is 119 Å². The second kappa shape index (κ2) is 16.1. The third-order valence-electron chi connectivity index (χ3n) is 14.2. The first kappa shape index (κ1) is 38.7. The van der Waals surface area contributed by atoms with Crippen LogP contribution in [0.5, 0.6) is 5.75 Å². The van der Waals surface area contributed by atoms with Gasteiger partial charge in [-0.25, -0.2) is 9.59 Å². The van der Waals surface area contributed by atoms with Crippen LogP contribution in [-0.2, 0) is 25.5 Å². The van der Waals surface area contributed by atoms with E-state index in [0.29, 0.717) is 60.7 Å². The fraction of sp³-hybridized carbons (Fsp3) is 0.429. The van der Waals surface area contributed by atoms with Crippen molar-refractivity contribution in [1.29, 1.82) is 0 Å². The van der Waals surface area contributed by atoms with Crippen LogP contribution in [0.2, 0.25) is 0 Å². The first-order valence-corrected chi connectivity index (χ1v) is 21.2. The number of cyclic esters (lactones) is 2. The Balaban J connectivity index is 1.19. The molecule has 2 bridgehead atoms. The quantitative estimate of drug-likeness (QED) is 0.121. The van der Waals surface area contributed by atoms with Crippen LogP contribution in [0, 0.1) is 40.9 Å². The Labute approximate surface area is 340 Å². The Hall–Kier alpha value is -4.80. The summed E-state index contributed by atoms with van der Waals surface area (Å²) >= 11 is 0. The molecule has 9 heteroatoms. The van der Waals surface area contributed by atoms with Gasteiger partial charge < -0.3 is 35.4 Å². The fourth-order valence-corrected chi connectivity index (χ4v) is 11.7. The van der Waals surface area contributed by atoms with Crippen LogP contribution >= 0.6 is 0 Å². The summed E-state index contributed by atoms with van der Waals surface area (Å²) in [7, 11) is 1.95. The monoisotopic (exact) mass is 782 g/mol. The summed E-state index contributed by atoms with van der Waals surface area (Å²) in [6.07, 6.45) is 10.8. The van der Waals surface area contributed by atoms with Gasteiger partial charge in [0.2, 0.25) is 0 Å². The first-order valence-electron chi connectivity index (χ1n) is 21.2. The maximum absolute atomic E-state index is 14.7. The molecule has 0 unspecified atom stereocenters. The predicted molar refractivity (Wildman–Crippen MR) is 221 cm³/mol. The summed E-state index contributed by atoms with van der Waals surface area (Å²) in [5.74, 6) is 0.395. The smallest absolute Gasteiger partial charge is 0.340 e. The van der Waals surface area contributed by atoms with Crippen LogP contribution in [0.4, 0.5) is 0 Å². The largest absolute Gasteiger partial charge is 0.508 e. The van der Waals surface area contributed by atoms with E-state index in [1.165, 1.54) is 0 Å². The van der Waals surface area contributed by atoms with Crippen LogP contribution < -0.4 is 10.6 Å². The maximum Gasteiger partial charge on any atom is 0.340 e. The van der Waals surface area contributed by atoms with Crippen molar-refractivity contribution in [1.82, 2.24) is 10.6 Å². The van der Waals surface area contributed by atoms with E-state index < -0.39 is 11.4 Å². The Morgan fingerprint density at radius 2 is 1.72 bits per heavy atom. The van der Waals surface area contributed by atoms with Crippen LogP contribution in [0.1, 0.15) is 62.5 Å². The number of aliphatic hydroxyl groups excluding tert-OH is 2. The molecule has 3 fully saturated rings. The first-order chi connectivity index (χ1) is 28.3. The minimum atomic E-state index is -0.935. The molecule has 3 aromatic rings. The lowest BCUT2D eigenvalue weighted by Crippen LogP contribution is -2.52. The molecule has 9 nitrogen and oxygen atoms in total. The van der Waals surface area contributed by atoms with Crippen molar-refractivity contribution in [3.8, 4) is 16.9 Å². The van der Waals surface area contributed by atoms with Crippen LogP contribution in [-0.4, -0.2) is 60.2 Å². The number of aromatic hydroxyl groups is 1. The lowest BCUT2D eigenvalue weighted by molar-refractivity contribution is -0.135. The SMILES string of the molecule is CN[C@H]1C[C@H]([C@H](CO)CC=C2OC(=O)C3=C2CC[C@H]2[C@@H]4CC[C@]5(C(=C[C@H](CCO)Cc6ccccc6)OC(=O)C5=C4c4cc(O)ccc4-c4ccccc4)[C@H]32)CCN1. The summed E-state index contributed by atoms with van der Waals surface area (Å²) in [6.45, 7) is 0.919. The molecule has 3 aliphatic heterocycles. The number of piperidine rings is 1. The molecule has 3 aromatic carbocycles. The molecule has 302 valence electrons.